The zero-order chi connectivity index (χ0) is 22.2. The number of amides is 1. The van der Waals surface area contributed by atoms with Gasteiger partial charge in [0.25, 0.3) is 5.91 Å². The summed E-state index contributed by atoms with van der Waals surface area (Å²) in [6.45, 7) is 9.52. The van der Waals surface area contributed by atoms with Crippen LogP contribution in [0.4, 0.5) is 11.6 Å². The van der Waals surface area contributed by atoms with Crippen LogP contribution in [0.1, 0.15) is 42.4 Å². The van der Waals surface area contributed by atoms with Crippen LogP contribution in [-0.4, -0.2) is 69.5 Å². The molecule has 4 heterocycles. The first kappa shape index (κ1) is 20.9. The SMILES string of the molecule is CCC1C(C)N(C)C(=O)c2cc3cnc(Nc4ccc(CN5CCNCC5)cc4)nc3n21. The third kappa shape index (κ3) is 3.73. The lowest BCUT2D eigenvalue weighted by Gasteiger charge is -2.38. The number of hydrogen-bond acceptors (Lipinski definition) is 6. The summed E-state index contributed by atoms with van der Waals surface area (Å²) in [7, 11) is 1.88. The fraction of sp³-hybridized carbons (Fsp3) is 0.458. The molecule has 0 spiro atoms. The number of hydrogen-bond donors (Lipinski definition) is 2. The molecule has 1 aromatic carbocycles. The van der Waals surface area contributed by atoms with E-state index in [9.17, 15) is 4.79 Å². The van der Waals surface area contributed by atoms with Crippen molar-refractivity contribution in [1.82, 2.24) is 29.7 Å². The predicted octanol–water partition coefficient (Wildman–Crippen LogP) is 3.01. The van der Waals surface area contributed by atoms with Crippen molar-refractivity contribution in [3.63, 3.8) is 0 Å². The summed E-state index contributed by atoms with van der Waals surface area (Å²) >= 11 is 0. The van der Waals surface area contributed by atoms with Gasteiger partial charge in [-0.2, -0.15) is 4.98 Å². The summed E-state index contributed by atoms with van der Waals surface area (Å²) in [4.78, 5) is 26.4. The third-order valence-corrected chi connectivity index (χ3v) is 6.86. The summed E-state index contributed by atoms with van der Waals surface area (Å²) in [6, 6.07) is 10.7. The van der Waals surface area contributed by atoms with Crippen LogP contribution in [0.25, 0.3) is 11.0 Å². The zero-order valence-corrected chi connectivity index (χ0v) is 19.0. The predicted molar refractivity (Wildman–Crippen MR) is 126 cm³/mol. The molecule has 0 radical (unpaired) electrons. The fourth-order valence-corrected chi connectivity index (χ4v) is 4.88. The Bertz CT molecular complexity index is 1120. The lowest BCUT2D eigenvalue weighted by molar-refractivity contribution is 0.0618. The Morgan fingerprint density at radius 2 is 1.94 bits per heavy atom. The van der Waals surface area contributed by atoms with Gasteiger partial charge in [0, 0.05) is 63.1 Å². The highest BCUT2D eigenvalue weighted by Gasteiger charge is 2.36. The number of piperazine rings is 1. The second-order valence-corrected chi connectivity index (χ2v) is 8.85. The van der Waals surface area contributed by atoms with Gasteiger partial charge in [-0.1, -0.05) is 19.1 Å². The molecular formula is C24H31N7O. The number of rotatable bonds is 5. The number of carbonyl (C=O) groups excluding carboxylic acids is 1. The van der Waals surface area contributed by atoms with Crippen LogP contribution in [0.2, 0.25) is 0 Å². The maximum atomic E-state index is 12.8. The average Bonchev–Trinajstić information content (AvgIpc) is 3.19. The minimum atomic E-state index is 0.0368. The van der Waals surface area contributed by atoms with Crippen molar-refractivity contribution >= 4 is 28.6 Å². The van der Waals surface area contributed by atoms with Gasteiger partial charge in [-0.25, -0.2) is 4.98 Å². The summed E-state index contributed by atoms with van der Waals surface area (Å²) in [5.74, 6) is 0.580. The Labute approximate surface area is 188 Å². The number of benzene rings is 1. The van der Waals surface area contributed by atoms with Crippen molar-refractivity contribution in [2.75, 3.05) is 38.5 Å². The Hall–Kier alpha value is -2.97. The van der Waals surface area contributed by atoms with E-state index in [2.05, 4.69) is 63.2 Å². The van der Waals surface area contributed by atoms with E-state index in [4.69, 9.17) is 4.98 Å². The van der Waals surface area contributed by atoms with Crippen LogP contribution in [0.3, 0.4) is 0 Å². The molecule has 2 aliphatic heterocycles. The first-order chi connectivity index (χ1) is 15.5. The van der Waals surface area contributed by atoms with Crippen LogP contribution >= 0.6 is 0 Å². The van der Waals surface area contributed by atoms with Crippen molar-refractivity contribution < 1.29 is 4.79 Å². The zero-order valence-electron chi connectivity index (χ0n) is 19.0. The second kappa shape index (κ2) is 8.52. The molecule has 0 bridgehead atoms. The van der Waals surface area contributed by atoms with E-state index in [1.165, 1.54) is 5.56 Å². The van der Waals surface area contributed by atoms with E-state index in [1.54, 1.807) is 6.20 Å². The van der Waals surface area contributed by atoms with Gasteiger partial charge in [0.15, 0.2) is 0 Å². The molecule has 8 heteroatoms. The molecule has 2 aliphatic rings. The van der Waals surface area contributed by atoms with E-state index >= 15 is 0 Å². The topological polar surface area (TPSA) is 78.3 Å². The van der Waals surface area contributed by atoms with Crippen molar-refractivity contribution in [2.24, 2.45) is 0 Å². The minimum absolute atomic E-state index is 0.0368. The van der Waals surface area contributed by atoms with Gasteiger partial charge in [0.2, 0.25) is 5.95 Å². The van der Waals surface area contributed by atoms with Crippen molar-refractivity contribution in [3.05, 3.63) is 47.8 Å². The van der Waals surface area contributed by atoms with E-state index in [0.29, 0.717) is 11.6 Å². The van der Waals surface area contributed by atoms with E-state index in [-0.39, 0.29) is 18.0 Å². The third-order valence-electron chi connectivity index (χ3n) is 6.86. The van der Waals surface area contributed by atoms with Gasteiger partial charge in [0.05, 0.1) is 6.04 Å². The smallest absolute Gasteiger partial charge is 0.270 e. The molecule has 5 rings (SSSR count). The van der Waals surface area contributed by atoms with E-state index < -0.39 is 0 Å². The number of aromatic nitrogens is 3. The normalized spacial score (nSPS) is 21.7. The Balaban J connectivity index is 1.38. The molecule has 2 N–H and O–H groups in total. The molecule has 1 saturated heterocycles. The maximum Gasteiger partial charge on any atom is 0.270 e. The Morgan fingerprint density at radius 3 is 2.66 bits per heavy atom. The highest BCUT2D eigenvalue weighted by atomic mass is 16.2. The largest absolute Gasteiger partial charge is 0.336 e. The van der Waals surface area contributed by atoms with E-state index in [0.717, 1.165) is 55.9 Å². The van der Waals surface area contributed by atoms with E-state index in [1.807, 2.05) is 18.0 Å². The number of nitrogens with one attached hydrogen (secondary N) is 2. The van der Waals surface area contributed by atoms with Gasteiger partial charge in [-0.15, -0.1) is 0 Å². The van der Waals surface area contributed by atoms with Crippen LogP contribution in [0.15, 0.2) is 36.5 Å². The monoisotopic (exact) mass is 433 g/mol. The Morgan fingerprint density at radius 1 is 1.19 bits per heavy atom. The molecule has 3 aromatic rings. The molecule has 1 fully saturated rings. The quantitative estimate of drug-likeness (QED) is 0.644. The maximum absolute atomic E-state index is 12.8. The number of fused-ring (bicyclic) bond motifs is 3. The molecule has 8 nitrogen and oxygen atoms in total. The molecule has 0 saturated carbocycles. The number of nitrogens with zero attached hydrogens (tertiary/aromatic N) is 5. The summed E-state index contributed by atoms with van der Waals surface area (Å²) < 4.78 is 2.10. The molecule has 2 unspecified atom stereocenters. The lowest BCUT2D eigenvalue weighted by atomic mass is 10.0. The molecule has 1 amide bonds. The first-order valence-corrected chi connectivity index (χ1v) is 11.5. The summed E-state index contributed by atoms with van der Waals surface area (Å²) in [6.07, 6.45) is 2.73. The number of anilines is 2. The highest BCUT2D eigenvalue weighted by molar-refractivity contribution is 5.99. The molecule has 32 heavy (non-hydrogen) atoms. The van der Waals surface area contributed by atoms with Crippen LogP contribution in [0.5, 0.6) is 0 Å². The molecular weight excluding hydrogens is 402 g/mol. The second-order valence-electron chi connectivity index (χ2n) is 8.85. The summed E-state index contributed by atoms with van der Waals surface area (Å²) in [5, 5.41) is 7.62. The van der Waals surface area contributed by atoms with Gasteiger partial charge in [-0.3, -0.25) is 9.69 Å². The number of likely N-dealkylation sites (N-methyl/N-ethyl adjacent to an activating group) is 1. The van der Waals surface area contributed by atoms with Gasteiger partial charge < -0.3 is 20.1 Å². The van der Waals surface area contributed by atoms with Crippen molar-refractivity contribution in [3.8, 4) is 0 Å². The average molecular weight is 434 g/mol. The fourth-order valence-electron chi connectivity index (χ4n) is 4.88. The van der Waals surface area contributed by atoms with Crippen molar-refractivity contribution in [2.45, 2.75) is 38.9 Å². The molecule has 2 aromatic heterocycles. The van der Waals surface area contributed by atoms with Gasteiger partial charge >= 0.3 is 0 Å². The lowest BCUT2D eigenvalue weighted by Crippen LogP contribution is -2.46. The number of carbonyl (C=O) groups is 1. The Kier molecular flexibility index (Phi) is 5.57. The van der Waals surface area contributed by atoms with Gasteiger partial charge in [0.1, 0.15) is 11.3 Å². The van der Waals surface area contributed by atoms with Crippen molar-refractivity contribution in [1.29, 1.82) is 0 Å². The molecule has 2 atom stereocenters. The van der Waals surface area contributed by atoms with Crippen LogP contribution < -0.4 is 10.6 Å². The molecule has 168 valence electrons. The minimum Gasteiger partial charge on any atom is -0.336 e. The summed E-state index contributed by atoms with van der Waals surface area (Å²) in [5.41, 5.74) is 3.76. The first-order valence-electron chi connectivity index (χ1n) is 11.5. The van der Waals surface area contributed by atoms with Crippen LogP contribution in [0, 0.1) is 0 Å². The standard InChI is InChI=1S/C24H31N7O/c1-4-20-16(2)29(3)23(32)21-13-18-14-26-24(28-22(18)31(20)21)27-19-7-5-17(6-8-19)15-30-11-9-25-10-12-30/h5-8,13-14,16,20,25H,4,9-12,15H2,1-3H3,(H,26,27,28). The molecule has 0 aliphatic carbocycles. The highest BCUT2D eigenvalue weighted by Crippen LogP contribution is 2.34. The van der Waals surface area contributed by atoms with Gasteiger partial charge in [-0.05, 0) is 37.1 Å². The van der Waals surface area contributed by atoms with Crippen LogP contribution in [-0.2, 0) is 6.54 Å².